The van der Waals surface area contributed by atoms with Crippen LogP contribution in [0.2, 0.25) is 0 Å². The molecular formula is C17H26N2O2. The van der Waals surface area contributed by atoms with Crippen LogP contribution in [0.15, 0.2) is 6.20 Å². The Balaban J connectivity index is 1.90. The Morgan fingerprint density at radius 1 is 1.43 bits per heavy atom. The Morgan fingerprint density at radius 3 is 2.81 bits per heavy atom. The van der Waals surface area contributed by atoms with Gasteiger partial charge in [-0.05, 0) is 45.4 Å². The lowest BCUT2D eigenvalue weighted by atomic mass is 9.74. The number of rotatable bonds is 5. The maximum absolute atomic E-state index is 6.18. The van der Waals surface area contributed by atoms with Crippen LogP contribution in [0.4, 0.5) is 0 Å². The van der Waals surface area contributed by atoms with Crippen LogP contribution in [0.5, 0.6) is 5.75 Å². The number of methoxy groups -OCH3 is 1. The van der Waals surface area contributed by atoms with Crippen molar-refractivity contribution in [2.24, 2.45) is 17.1 Å². The fourth-order valence-corrected chi connectivity index (χ4v) is 3.81. The van der Waals surface area contributed by atoms with E-state index in [0.29, 0.717) is 18.6 Å². The Kier molecular flexibility index (Phi) is 3.93. The molecule has 116 valence electrons. The van der Waals surface area contributed by atoms with E-state index < -0.39 is 0 Å². The maximum Gasteiger partial charge on any atom is 0.128 e. The first-order chi connectivity index (χ1) is 10.1. The van der Waals surface area contributed by atoms with Gasteiger partial charge in [0.25, 0.3) is 0 Å². The quantitative estimate of drug-likeness (QED) is 0.904. The molecule has 2 aliphatic rings. The van der Waals surface area contributed by atoms with E-state index in [4.69, 9.17) is 15.2 Å². The van der Waals surface area contributed by atoms with Gasteiger partial charge in [0.1, 0.15) is 5.75 Å². The minimum Gasteiger partial charge on any atom is -0.496 e. The Labute approximate surface area is 127 Å². The van der Waals surface area contributed by atoms with Gasteiger partial charge >= 0.3 is 0 Å². The number of nitrogens with two attached hydrogens (primary N) is 1. The molecule has 1 saturated carbocycles. The Hall–Kier alpha value is -1.13. The fourth-order valence-electron chi connectivity index (χ4n) is 3.81. The summed E-state index contributed by atoms with van der Waals surface area (Å²) in [5.74, 6) is 1.66. The van der Waals surface area contributed by atoms with E-state index in [1.165, 1.54) is 12.8 Å². The van der Waals surface area contributed by atoms with Crippen LogP contribution in [0.3, 0.4) is 0 Å². The van der Waals surface area contributed by atoms with Crippen molar-refractivity contribution in [2.45, 2.75) is 45.6 Å². The van der Waals surface area contributed by atoms with Crippen molar-refractivity contribution in [1.82, 2.24) is 4.98 Å². The van der Waals surface area contributed by atoms with E-state index >= 15 is 0 Å². The second kappa shape index (κ2) is 5.58. The van der Waals surface area contributed by atoms with E-state index in [0.717, 1.165) is 42.0 Å². The molecule has 4 heteroatoms. The van der Waals surface area contributed by atoms with Crippen molar-refractivity contribution in [3.8, 4) is 5.75 Å². The second-order valence-corrected chi connectivity index (χ2v) is 6.67. The highest BCUT2D eigenvalue weighted by atomic mass is 16.5. The number of nitrogens with zero attached hydrogens (tertiary/aromatic N) is 1. The molecule has 2 heterocycles. The summed E-state index contributed by atoms with van der Waals surface area (Å²) in [7, 11) is 1.73. The van der Waals surface area contributed by atoms with Gasteiger partial charge in [0, 0.05) is 41.6 Å². The van der Waals surface area contributed by atoms with Crippen LogP contribution in [0, 0.1) is 25.2 Å². The number of ether oxygens (including phenoxy) is 2. The SMILES string of the molecule is COc1c(C)cnc(CC2(CN)CCOC2C2CC2)c1C. The summed E-state index contributed by atoms with van der Waals surface area (Å²) in [6.45, 7) is 5.64. The van der Waals surface area contributed by atoms with Crippen molar-refractivity contribution < 1.29 is 9.47 Å². The highest BCUT2D eigenvalue weighted by Crippen LogP contribution is 2.49. The molecule has 1 aromatic heterocycles. The molecule has 2 atom stereocenters. The van der Waals surface area contributed by atoms with Crippen molar-refractivity contribution in [3.05, 3.63) is 23.0 Å². The van der Waals surface area contributed by atoms with Gasteiger partial charge in [-0.15, -0.1) is 0 Å². The summed E-state index contributed by atoms with van der Waals surface area (Å²) in [4.78, 5) is 4.67. The second-order valence-electron chi connectivity index (χ2n) is 6.67. The van der Waals surface area contributed by atoms with Gasteiger partial charge in [-0.3, -0.25) is 4.98 Å². The molecule has 21 heavy (non-hydrogen) atoms. The topological polar surface area (TPSA) is 57.4 Å². The summed E-state index contributed by atoms with van der Waals surface area (Å²) in [6.07, 6.45) is 6.74. The molecule has 2 fully saturated rings. The van der Waals surface area contributed by atoms with Gasteiger partial charge in [0.05, 0.1) is 13.2 Å². The Morgan fingerprint density at radius 2 is 2.19 bits per heavy atom. The minimum atomic E-state index is 0.0548. The highest BCUT2D eigenvalue weighted by Gasteiger charge is 2.50. The first-order valence-corrected chi connectivity index (χ1v) is 7.92. The molecule has 0 radical (unpaired) electrons. The number of aromatic nitrogens is 1. The molecule has 1 aliphatic carbocycles. The Bertz CT molecular complexity index is 528. The van der Waals surface area contributed by atoms with E-state index in [-0.39, 0.29) is 5.41 Å². The number of aryl methyl sites for hydroxylation is 1. The largest absolute Gasteiger partial charge is 0.496 e. The van der Waals surface area contributed by atoms with Crippen LogP contribution in [-0.2, 0) is 11.2 Å². The highest BCUT2D eigenvalue weighted by molar-refractivity contribution is 5.41. The van der Waals surface area contributed by atoms with Crippen LogP contribution < -0.4 is 10.5 Å². The first kappa shape index (κ1) is 14.8. The third-order valence-electron chi connectivity index (χ3n) is 5.23. The standard InChI is InChI=1S/C17H26N2O2/c1-11-9-19-14(12(2)15(11)20-3)8-17(10-18)6-7-21-16(17)13-4-5-13/h9,13,16H,4-8,10,18H2,1-3H3. The molecule has 3 rings (SSSR count). The summed E-state index contributed by atoms with van der Waals surface area (Å²) in [5.41, 5.74) is 9.58. The summed E-state index contributed by atoms with van der Waals surface area (Å²) in [6, 6.07) is 0. The minimum absolute atomic E-state index is 0.0548. The monoisotopic (exact) mass is 290 g/mol. The average molecular weight is 290 g/mol. The summed E-state index contributed by atoms with van der Waals surface area (Å²) >= 11 is 0. The molecule has 2 unspecified atom stereocenters. The molecule has 2 N–H and O–H groups in total. The van der Waals surface area contributed by atoms with E-state index in [1.807, 2.05) is 13.1 Å². The van der Waals surface area contributed by atoms with Gasteiger partial charge in [-0.2, -0.15) is 0 Å². The third kappa shape index (κ3) is 2.55. The van der Waals surface area contributed by atoms with Gasteiger partial charge in [0.15, 0.2) is 0 Å². The van der Waals surface area contributed by atoms with Crippen molar-refractivity contribution >= 4 is 0 Å². The number of hydrogen-bond donors (Lipinski definition) is 1. The zero-order valence-corrected chi connectivity index (χ0v) is 13.3. The molecule has 0 spiro atoms. The van der Waals surface area contributed by atoms with Gasteiger partial charge in [-0.1, -0.05) is 0 Å². The molecule has 1 saturated heterocycles. The van der Waals surface area contributed by atoms with E-state index in [2.05, 4.69) is 11.9 Å². The summed E-state index contributed by atoms with van der Waals surface area (Å²) in [5, 5.41) is 0. The van der Waals surface area contributed by atoms with Crippen molar-refractivity contribution in [1.29, 1.82) is 0 Å². The summed E-state index contributed by atoms with van der Waals surface area (Å²) < 4.78 is 11.6. The number of hydrogen-bond acceptors (Lipinski definition) is 4. The van der Waals surface area contributed by atoms with E-state index in [9.17, 15) is 0 Å². The predicted molar refractivity (Wildman–Crippen MR) is 82.5 cm³/mol. The van der Waals surface area contributed by atoms with Gasteiger partial charge in [0.2, 0.25) is 0 Å². The molecular weight excluding hydrogens is 264 g/mol. The van der Waals surface area contributed by atoms with Gasteiger partial charge in [-0.25, -0.2) is 0 Å². The molecule has 1 aliphatic heterocycles. The molecule has 0 bridgehead atoms. The average Bonchev–Trinajstić information content (AvgIpc) is 3.24. The van der Waals surface area contributed by atoms with Crippen LogP contribution >= 0.6 is 0 Å². The molecule has 1 aromatic rings. The normalized spacial score (nSPS) is 28.9. The van der Waals surface area contributed by atoms with Crippen LogP contribution in [0.1, 0.15) is 36.1 Å². The first-order valence-electron chi connectivity index (χ1n) is 7.92. The molecule has 4 nitrogen and oxygen atoms in total. The van der Waals surface area contributed by atoms with Crippen molar-refractivity contribution in [2.75, 3.05) is 20.3 Å². The van der Waals surface area contributed by atoms with Crippen LogP contribution in [0.25, 0.3) is 0 Å². The zero-order chi connectivity index (χ0) is 15.0. The fraction of sp³-hybridized carbons (Fsp3) is 0.706. The van der Waals surface area contributed by atoms with Gasteiger partial charge < -0.3 is 15.2 Å². The zero-order valence-electron chi connectivity index (χ0n) is 13.3. The van der Waals surface area contributed by atoms with Crippen molar-refractivity contribution in [3.63, 3.8) is 0 Å². The lowest BCUT2D eigenvalue weighted by molar-refractivity contribution is 0.0340. The predicted octanol–water partition coefficient (Wildman–Crippen LogP) is 2.39. The smallest absolute Gasteiger partial charge is 0.128 e. The molecule has 0 amide bonds. The van der Waals surface area contributed by atoms with Crippen LogP contribution in [-0.4, -0.2) is 31.3 Å². The third-order valence-corrected chi connectivity index (χ3v) is 5.23. The number of pyridine rings is 1. The molecule has 0 aromatic carbocycles. The lowest BCUT2D eigenvalue weighted by Gasteiger charge is -2.33. The maximum atomic E-state index is 6.18. The van der Waals surface area contributed by atoms with E-state index in [1.54, 1.807) is 7.11 Å². The lowest BCUT2D eigenvalue weighted by Crippen LogP contribution is -2.42.